The van der Waals surface area contributed by atoms with Gasteiger partial charge in [0.1, 0.15) is 18.0 Å². The predicted octanol–water partition coefficient (Wildman–Crippen LogP) is 2.01. The van der Waals surface area contributed by atoms with E-state index >= 15 is 0 Å². The Morgan fingerprint density at radius 2 is 2.33 bits per heavy atom. The van der Waals surface area contributed by atoms with Crippen LogP contribution in [0, 0.1) is 17.1 Å². The lowest BCUT2D eigenvalue weighted by Gasteiger charge is -2.34. The summed E-state index contributed by atoms with van der Waals surface area (Å²) >= 11 is 0. The van der Waals surface area contributed by atoms with Crippen molar-refractivity contribution in [2.45, 2.75) is 6.10 Å². The van der Waals surface area contributed by atoms with Crippen LogP contribution < -0.4 is 4.90 Å². The zero-order valence-corrected chi connectivity index (χ0v) is 11.7. The summed E-state index contributed by atoms with van der Waals surface area (Å²) in [5.41, 5.74) is 2.10. The fraction of sp³-hybridized carbons (Fsp3) is 0.333. The molecule has 0 spiro atoms. The Balaban J connectivity index is 1.85. The first-order valence-corrected chi connectivity index (χ1v) is 6.72. The smallest absolute Gasteiger partial charge is 0.124 e. The number of halogens is 1. The van der Waals surface area contributed by atoms with E-state index in [9.17, 15) is 9.65 Å². The quantitative estimate of drug-likeness (QED) is 0.847. The molecule has 2 aromatic rings. The molecule has 3 rings (SSSR count). The first-order chi connectivity index (χ1) is 10.2. The van der Waals surface area contributed by atoms with Crippen molar-refractivity contribution in [2.75, 3.05) is 24.6 Å². The normalized spacial score (nSPS) is 18.5. The number of aryl methyl sites for hydroxylation is 1. The van der Waals surface area contributed by atoms with E-state index in [2.05, 4.69) is 16.1 Å². The zero-order chi connectivity index (χ0) is 14.8. The lowest BCUT2D eigenvalue weighted by Crippen LogP contribution is -2.38. The van der Waals surface area contributed by atoms with Crippen molar-refractivity contribution in [3.8, 4) is 6.07 Å². The Kier molecular flexibility index (Phi) is 3.59. The van der Waals surface area contributed by atoms with Crippen LogP contribution in [0.5, 0.6) is 0 Å². The molecule has 0 bridgehead atoms. The second-order valence-electron chi connectivity index (χ2n) is 5.03. The summed E-state index contributed by atoms with van der Waals surface area (Å²) in [6, 6.07) is 6.35. The molecule has 5 nitrogen and oxygen atoms in total. The van der Waals surface area contributed by atoms with Gasteiger partial charge in [0.2, 0.25) is 0 Å². The number of nitrogens with zero attached hydrogens (tertiary/aromatic N) is 4. The Morgan fingerprint density at radius 3 is 3.05 bits per heavy atom. The van der Waals surface area contributed by atoms with Crippen LogP contribution in [0.4, 0.5) is 10.1 Å². The summed E-state index contributed by atoms with van der Waals surface area (Å²) < 4.78 is 20.7. The van der Waals surface area contributed by atoms with Crippen molar-refractivity contribution in [3.05, 3.63) is 47.5 Å². The highest BCUT2D eigenvalue weighted by Gasteiger charge is 2.24. The lowest BCUT2D eigenvalue weighted by atomic mass is 10.1. The molecule has 0 saturated carbocycles. The van der Waals surface area contributed by atoms with Crippen LogP contribution in [0.2, 0.25) is 0 Å². The molecule has 6 heteroatoms. The molecule has 21 heavy (non-hydrogen) atoms. The largest absolute Gasteiger partial charge is 0.370 e. The summed E-state index contributed by atoms with van der Waals surface area (Å²) in [5.74, 6) is -0.396. The second-order valence-corrected chi connectivity index (χ2v) is 5.03. The number of nitriles is 1. The van der Waals surface area contributed by atoms with Gasteiger partial charge in [-0.1, -0.05) is 0 Å². The third-order valence-corrected chi connectivity index (χ3v) is 3.58. The maximum atomic E-state index is 13.2. The van der Waals surface area contributed by atoms with Gasteiger partial charge in [-0.2, -0.15) is 10.4 Å². The number of morpholine rings is 1. The molecule has 0 radical (unpaired) electrons. The third-order valence-electron chi connectivity index (χ3n) is 3.58. The summed E-state index contributed by atoms with van der Waals surface area (Å²) in [4.78, 5) is 2.05. The van der Waals surface area contributed by atoms with Gasteiger partial charge >= 0.3 is 0 Å². The van der Waals surface area contributed by atoms with Gasteiger partial charge < -0.3 is 9.64 Å². The monoisotopic (exact) mass is 286 g/mol. The number of anilines is 1. The molecule has 1 fully saturated rings. The Labute approximate surface area is 122 Å². The van der Waals surface area contributed by atoms with Crippen LogP contribution in [0.15, 0.2) is 30.6 Å². The van der Waals surface area contributed by atoms with Crippen molar-refractivity contribution >= 4 is 5.69 Å². The molecule has 1 aliphatic heterocycles. The first-order valence-electron chi connectivity index (χ1n) is 6.72. The van der Waals surface area contributed by atoms with Crippen molar-refractivity contribution < 1.29 is 9.13 Å². The highest BCUT2D eigenvalue weighted by molar-refractivity contribution is 5.59. The average Bonchev–Trinajstić information content (AvgIpc) is 2.94. The van der Waals surface area contributed by atoms with Crippen molar-refractivity contribution in [1.82, 2.24) is 9.78 Å². The highest BCUT2D eigenvalue weighted by atomic mass is 19.1. The molecule has 1 unspecified atom stereocenters. The Bertz CT molecular complexity index is 691. The van der Waals surface area contributed by atoms with E-state index in [-0.39, 0.29) is 6.10 Å². The van der Waals surface area contributed by atoms with E-state index in [4.69, 9.17) is 4.74 Å². The fourth-order valence-corrected chi connectivity index (χ4v) is 2.55. The molecular formula is C15H15FN4O. The summed E-state index contributed by atoms with van der Waals surface area (Å²) in [7, 11) is 1.86. The van der Waals surface area contributed by atoms with E-state index in [1.165, 1.54) is 12.1 Å². The number of ether oxygens (including phenoxy) is 1. The highest BCUT2D eigenvalue weighted by Crippen LogP contribution is 2.28. The minimum absolute atomic E-state index is 0.0935. The molecule has 1 aliphatic rings. The Morgan fingerprint density at radius 1 is 1.48 bits per heavy atom. The minimum Gasteiger partial charge on any atom is -0.370 e. The van der Waals surface area contributed by atoms with Crippen LogP contribution in [0.1, 0.15) is 17.2 Å². The minimum atomic E-state index is -0.396. The maximum absolute atomic E-state index is 13.2. The van der Waals surface area contributed by atoms with Gasteiger partial charge in [0.05, 0.1) is 24.1 Å². The van der Waals surface area contributed by atoms with Crippen LogP contribution in [-0.2, 0) is 11.8 Å². The van der Waals surface area contributed by atoms with Gasteiger partial charge in [-0.05, 0) is 18.2 Å². The molecule has 0 aliphatic carbocycles. The maximum Gasteiger partial charge on any atom is 0.124 e. The number of rotatable bonds is 2. The topological polar surface area (TPSA) is 54.1 Å². The third kappa shape index (κ3) is 2.73. The molecule has 1 aromatic carbocycles. The van der Waals surface area contributed by atoms with Crippen molar-refractivity contribution in [1.29, 1.82) is 5.26 Å². The van der Waals surface area contributed by atoms with Gasteiger partial charge in [-0.15, -0.1) is 0 Å². The van der Waals surface area contributed by atoms with Crippen molar-refractivity contribution in [2.24, 2.45) is 7.05 Å². The molecule has 108 valence electrons. The van der Waals surface area contributed by atoms with Gasteiger partial charge in [-0.25, -0.2) is 4.39 Å². The van der Waals surface area contributed by atoms with Gasteiger partial charge in [0.25, 0.3) is 0 Å². The van der Waals surface area contributed by atoms with Crippen LogP contribution >= 0.6 is 0 Å². The van der Waals surface area contributed by atoms with Gasteiger partial charge in [0.15, 0.2) is 0 Å². The molecular weight excluding hydrogens is 271 g/mol. The molecule has 1 saturated heterocycles. The predicted molar refractivity (Wildman–Crippen MR) is 75.2 cm³/mol. The van der Waals surface area contributed by atoms with E-state index in [0.29, 0.717) is 25.3 Å². The van der Waals surface area contributed by atoms with E-state index in [1.807, 2.05) is 13.2 Å². The number of aromatic nitrogens is 2. The van der Waals surface area contributed by atoms with E-state index in [0.717, 1.165) is 11.3 Å². The Hall–Kier alpha value is -2.39. The van der Waals surface area contributed by atoms with Gasteiger partial charge in [-0.3, -0.25) is 4.68 Å². The lowest BCUT2D eigenvalue weighted by molar-refractivity contribution is 0.0397. The zero-order valence-electron chi connectivity index (χ0n) is 11.7. The van der Waals surface area contributed by atoms with Crippen LogP contribution in [0.3, 0.4) is 0 Å². The second kappa shape index (κ2) is 5.54. The molecule has 2 heterocycles. The summed E-state index contributed by atoms with van der Waals surface area (Å²) in [5, 5.41) is 13.3. The average molecular weight is 286 g/mol. The standard InChI is InChI=1S/C15H15FN4O/c1-19-9-12(8-18-19)15-10-20(4-5-21-15)14-3-2-13(16)6-11(14)7-17/h2-3,6,8-9,15H,4-5,10H2,1H3. The molecule has 1 aromatic heterocycles. The first kappa shape index (κ1) is 13.6. The summed E-state index contributed by atoms with van der Waals surface area (Å²) in [6.07, 6.45) is 3.61. The molecule has 0 amide bonds. The number of hydrogen-bond donors (Lipinski definition) is 0. The van der Waals surface area contributed by atoms with Gasteiger partial charge in [0, 0.05) is 31.9 Å². The van der Waals surface area contributed by atoms with Crippen LogP contribution in [0.25, 0.3) is 0 Å². The number of benzene rings is 1. The fourth-order valence-electron chi connectivity index (χ4n) is 2.55. The molecule has 1 atom stereocenters. The van der Waals surface area contributed by atoms with Crippen molar-refractivity contribution in [3.63, 3.8) is 0 Å². The molecule has 0 N–H and O–H groups in total. The number of hydrogen-bond acceptors (Lipinski definition) is 4. The summed E-state index contributed by atoms with van der Waals surface area (Å²) in [6.45, 7) is 1.85. The van der Waals surface area contributed by atoms with E-state index < -0.39 is 5.82 Å². The van der Waals surface area contributed by atoms with E-state index in [1.54, 1.807) is 16.9 Å². The SMILES string of the molecule is Cn1cc(C2CN(c3ccc(F)cc3C#N)CCO2)cn1. The van der Waals surface area contributed by atoms with Crippen LogP contribution in [-0.4, -0.2) is 29.5 Å².